The van der Waals surface area contributed by atoms with E-state index < -0.39 is 0 Å². The Morgan fingerprint density at radius 2 is 0.938 bits per heavy atom. The number of hydrogen-bond donors (Lipinski definition) is 2. The molecule has 4 saturated carbocycles. The monoisotopic (exact) mass is 430 g/mol. The Hall–Kier alpha value is -2.62. The molecular weight excluding hydrogens is 396 g/mol. The summed E-state index contributed by atoms with van der Waals surface area (Å²) in [5.41, 5.74) is 5.57. The number of rotatable bonds is 4. The molecule has 168 valence electrons. The molecule has 6 rings (SSSR count). The van der Waals surface area contributed by atoms with Gasteiger partial charge in [0.05, 0.1) is 0 Å². The molecule has 4 aliphatic rings. The second kappa shape index (κ2) is 6.94. The van der Waals surface area contributed by atoms with Crippen molar-refractivity contribution < 1.29 is 9.59 Å². The van der Waals surface area contributed by atoms with Gasteiger partial charge >= 0.3 is 0 Å². The summed E-state index contributed by atoms with van der Waals surface area (Å²) in [7, 11) is 0. The Morgan fingerprint density at radius 3 is 1.25 bits per heavy atom. The van der Waals surface area contributed by atoms with E-state index in [0.717, 1.165) is 11.4 Å². The number of carbonyl (C=O) groups excluding carboxylic acids is 2. The maximum absolute atomic E-state index is 11.5. The normalized spacial score (nSPS) is 34.9. The second-order valence-electron chi connectivity index (χ2n) is 11.8. The minimum absolute atomic E-state index is 0.0331. The average Bonchev–Trinajstić information content (AvgIpc) is 2.65. The van der Waals surface area contributed by atoms with E-state index in [9.17, 15) is 9.59 Å². The molecule has 0 unspecified atom stereocenters. The maximum Gasteiger partial charge on any atom is 0.221 e. The Labute approximate surface area is 191 Å². The number of amides is 2. The van der Waals surface area contributed by atoms with E-state index in [4.69, 9.17) is 0 Å². The zero-order chi connectivity index (χ0) is 22.8. The highest BCUT2D eigenvalue weighted by Crippen LogP contribution is 2.74. The Balaban J connectivity index is 1.54. The van der Waals surface area contributed by atoms with Crippen LogP contribution < -0.4 is 10.6 Å². The Kier molecular flexibility index (Phi) is 4.60. The molecule has 0 aliphatic heterocycles. The molecule has 4 heteroatoms. The fourth-order valence-corrected chi connectivity index (χ4v) is 8.53. The van der Waals surface area contributed by atoms with Gasteiger partial charge < -0.3 is 10.6 Å². The zero-order valence-corrected chi connectivity index (χ0v) is 19.7. The van der Waals surface area contributed by atoms with Crippen LogP contribution in [0.3, 0.4) is 0 Å². The summed E-state index contributed by atoms with van der Waals surface area (Å²) in [6.07, 6.45) is 7.42. The van der Waals surface area contributed by atoms with Crippen LogP contribution in [0, 0.1) is 10.8 Å². The second-order valence-corrected chi connectivity index (χ2v) is 11.8. The van der Waals surface area contributed by atoms with E-state index in [2.05, 4.69) is 73.0 Å². The number of anilines is 2. The molecule has 0 saturated heterocycles. The predicted molar refractivity (Wildman–Crippen MR) is 129 cm³/mol. The number of carbonyl (C=O) groups is 2. The molecule has 0 heterocycles. The highest BCUT2D eigenvalue weighted by atomic mass is 16.2. The van der Waals surface area contributed by atoms with Crippen molar-refractivity contribution in [2.24, 2.45) is 10.8 Å². The highest BCUT2D eigenvalue weighted by Gasteiger charge is 2.66. The van der Waals surface area contributed by atoms with Crippen LogP contribution in [-0.2, 0) is 20.4 Å². The molecule has 4 nitrogen and oxygen atoms in total. The molecule has 2 aromatic carbocycles. The van der Waals surface area contributed by atoms with Gasteiger partial charge in [-0.15, -0.1) is 0 Å². The first-order valence-corrected chi connectivity index (χ1v) is 11.8. The standard InChI is InChI=1S/C28H34N2O2/c1-19(31)29-23-9-5-21(6-10-23)27-14-25(3)13-26(4,15-27)17-28(16-25,18-27)22-7-11-24(12-8-22)30-20(2)32/h5-12H,13-18H2,1-4H3,(H,29,31)(H,30,32). The van der Waals surface area contributed by atoms with Crippen LogP contribution in [0.5, 0.6) is 0 Å². The van der Waals surface area contributed by atoms with Crippen LogP contribution in [0.25, 0.3) is 0 Å². The number of benzene rings is 2. The summed E-state index contributed by atoms with van der Waals surface area (Å²) in [6, 6.07) is 17.3. The Bertz CT molecular complexity index is 970. The van der Waals surface area contributed by atoms with Crippen LogP contribution in [0.1, 0.15) is 77.3 Å². The van der Waals surface area contributed by atoms with Crippen molar-refractivity contribution >= 4 is 23.2 Å². The van der Waals surface area contributed by atoms with Gasteiger partial charge in [-0.25, -0.2) is 0 Å². The van der Waals surface area contributed by atoms with Gasteiger partial charge in [-0.2, -0.15) is 0 Å². The minimum Gasteiger partial charge on any atom is -0.326 e. The Morgan fingerprint density at radius 1 is 0.594 bits per heavy atom. The van der Waals surface area contributed by atoms with Crippen LogP contribution in [0.15, 0.2) is 48.5 Å². The quantitative estimate of drug-likeness (QED) is 0.609. The summed E-state index contributed by atoms with van der Waals surface area (Å²) in [6.45, 7) is 8.11. The molecular formula is C28H34N2O2. The van der Waals surface area contributed by atoms with Crippen molar-refractivity contribution in [3.63, 3.8) is 0 Å². The van der Waals surface area contributed by atoms with E-state index in [1.807, 2.05) is 0 Å². The largest absolute Gasteiger partial charge is 0.326 e. The van der Waals surface area contributed by atoms with Crippen LogP contribution in [0.2, 0.25) is 0 Å². The van der Waals surface area contributed by atoms with Crippen molar-refractivity contribution in [2.45, 2.75) is 77.0 Å². The topological polar surface area (TPSA) is 58.2 Å². The molecule has 0 atom stereocenters. The van der Waals surface area contributed by atoms with E-state index in [-0.39, 0.29) is 22.6 Å². The predicted octanol–water partition coefficient (Wildman–Crippen LogP) is 6.17. The molecule has 4 aliphatic carbocycles. The van der Waals surface area contributed by atoms with Gasteiger partial charge in [-0.1, -0.05) is 38.1 Å². The van der Waals surface area contributed by atoms with Crippen molar-refractivity contribution in [1.82, 2.24) is 0 Å². The lowest BCUT2D eigenvalue weighted by atomic mass is 9.34. The van der Waals surface area contributed by atoms with Gasteiger partial charge in [0, 0.05) is 25.2 Å². The molecule has 2 aromatic rings. The third-order valence-corrected chi connectivity index (χ3v) is 8.23. The SMILES string of the molecule is CC(=O)Nc1ccc(C23CC4(C)CC(C)(C2)CC(c2ccc(NC(C)=O)cc2)(C4)C3)cc1. The smallest absolute Gasteiger partial charge is 0.221 e. The third-order valence-electron chi connectivity index (χ3n) is 8.23. The van der Waals surface area contributed by atoms with Gasteiger partial charge in [0.1, 0.15) is 0 Å². The minimum atomic E-state index is -0.0331. The summed E-state index contributed by atoms with van der Waals surface area (Å²) in [5, 5.41) is 5.81. The average molecular weight is 431 g/mol. The lowest BCUT2D eigenvalue weighted by molar-refractivity contribution is -0.126. The van der Waals surface area contributed by atoms with Crippen LogP contribution in [-0.4, -0.2) is 11.8 Å². The van der Waals surface area contributed by atoms with Gasteiger partial charge in [0.25, 0.3) is 0 Å². The summed E-state index contributed by atoms with van der Waals surface area (Å²) in [4.78, 5) is 22.9. The van der Waals surface area contributed by atoms with Gasteiger partial charge in [-0.05, 0) is 95.6 Å². The molecule has 2 amide bonds. The summed E-state index contributed by atoms with van der Waals surface area (Å²) < 4.78 is 0. The van der Waals surface area contributed by atoms with E-state index in [0.29, 0.717) is 10.8 Å². The fourth-order valence-electron chi connectivity index (χ4n) is 8.53. The lowest BCUT2D eigenvalue weighted by Crippen LogP contribution is -2.62. The number of hydrogen-bond acceptors (Lipinski definition) is 2. The fraction of sp³-hybridized carbons (Fsp3) is 0.500. The lowest BCUT2D eigenvalue weighted by Gasteiger charge is -2.70. The van der Waals surface area contributed by atoms with E-state index >= 15 is 0 Å². The van der Waals surface area contributed by atoms with Crippen molar-refractivity contribution in [3.05, 3.63) is 59.7 Å². The third kappa shape index (κ3) is 3.54. The zero-order valence-electron chi connectivity index (χ0n) is 19.7. The van der Waals surface area contributed by atoms with Crippen LogP contribution in [0.4, 0.5) is 11.4 Å². The first-order valence-electron chi connectivity index (χ1n) is 11.8. The summed E-state index contributed by atoms with van der Waals surface area (Å²) >= 11 is 0. The van der Waals surface area contributed by atoms with Crippen LogP contribution >= 0.6 is 0 Å². The molecule has 2 N–H and O–H groups in total. The van der Waals surface area contributed by atoms with Gasteiger partial charge in [0.15, 0.2) is 0 Å². The van der Waals surface area contributed by atoms with E-state index in [1.54, 1.807) is 13.8 Å². The van der Waals surface area contributed by atoms with Gasteiger partial charge in [-0.3, -0.25) is 9.59 Å². The van der Waals surface area contributed by atoms with Gasteiger partial charge in [0.2, 0.25) is 11.8 Å². The van der Waals surface area contributed by atoms with Crippen molar-refractivity contribution in [1.29, 1.82) is 0 Å². The summed E-state index contributed by atoms with van der Waals surface area (Å²) in [5.74, 6) is -0.0662. The first kappa shape index (κ1) is 21.2. The molecule has 0 radical (unpaired) electrons. The van der Waals surface area contributed by atoms with E-state index in [1.165, 1.54) is 49.7 Å². The maximum atomic E-state index is 11.5. The highest BCUT2D eigenvalue weighted by molar-refractivity contribution is 5.89. The molecule has 4 fully saturated rings. The first-order chi connectivity index (χ1) is 15.0. The molecule has 32 heavy (non-hydrogen) atoms. The number of nitrogens with one attached hydrogen (secondary N) is 2. The van der Waals surface area contributed by atoms with Crippen molar-refractivity contribution in [2.75, 3.05) is 10.6 Å². The molecule has 4 bridgehead atoms. The molecule has 0 aromatic heterocycles. The molecule has 0 spiro atoms. The van der Waals surface area contributed by atoms with Crippen molar-refractivity contribution in [3.8, 4) is 0 Å².